The van der Waals surface area contributed by atoms with Gasteiger partial charge in [-0.2, -0.15) is 0 Å². The Bertz CT molecular complexity index is 321. The molecular formula is C12H18O6. The predicted octanol–water partition coefficient (Wildman–Crippen LogP) is 0.992. The van der Waals surface area contributed by atoms with E-state index in [1.54, 1.807) is 0 Å². The van der Waals surface area contributed by atoms with Crippen LogP contribution in [-0.2, 0) is 28.6 Å². The third-order valence-electron chi connectivity index (χ3n) is 1.96. The number of methoxy groups -OCH3 is 1. The van der Waals surface area contributed by atoms with Gasteiger partial charge >= 0.3 is 17.9 Å². The summed E-state index contributed by atoms with van der Waals surface area (Å²) in [4.78, 5) is 33.3. The van der Waals surface area contributed by atoms with E-state index >= 15 is 0 Å². The summed E-state index contributed by atoms with van der Waals surface area (Å²) in [6.45, 7) is 5.19. The van der Waals surface area contributed by atoms with Gasteiger partial charge in [-0.3, -0.25) is 4.79 Å². The Morgan fingerprint density at radius 1 is 1.11 bits per heavy atom. The number of carbonyl (C=O) groups excluding carboxylic acids is 3. The van der Waals surface area contributed by atoms with Crippen molar-refractivity contribution < 1.29 is 28.6 Å². The summed E-state index contributed by atoms with van der Waals surface area (Å²) < 4.78 is 13.7. The standard InChI is InChI=1S/C12H18O6/c1-4-5-6-17-10(13)7-9(2)12(15)18-8-11(14)16-3/h2,4-8H2,1,3H3. The van der Waals surface area contributed by atoms with Crippen LogP contribution < -0.4 is 0 Å². The smallest absolute Gasteiger partial charge is 0.344 e. The average Bonchev–Trinajstić information content (AvgIpc) is 2.35. The fraction of sp³-hybridized carbons (Fsp3) is 0.583. The van der Waals surface area contributed by atoms with Crippen LogP contribution in [0.3, 0.4) is 0 Å². The highest BCUT2D eigenvalue weighted by Gasteiger charge is 2.15. The van der Waals surface area contributed by atoms with E-state index in [0.717, 1.165) is 12.8 Å². The molecule has 102 valence electrons. The molecule has 6 nitrogen and oxygen atoms in total. The molecule has 0 aliphatic heterocycles. The number of unbranched alkanes of at least 4 members (excludes halogenated alkanes) is 1. The first-order valence-corrected chi connectivity index (χ1v) is 5.58. The molecule has 0 aliphatic carbocycles. The van der Waals surface area contributed by atoms with E-state index in [9.17, 15) is 14.4 Å². The van der Waals surface area contributed by atoms with Gasteiger partial charge in [0.2, 0.25) is 0 Å². The SMILES string of the molecule is C=C(CC(=O)OCCCC)C(=O)OCC(=O)OC. The second-order valence-electron chi connectivity index (χ2n) is 3.51. The van der Waals surface area contributed by atoms with Gasteiger partial charge in [0.25, 0.3) is 0 Å². The van der Waals surface area contributed by atoms with Crippen molar-refractivity contribution in [2.75, 3.05) is 20.3 Å². The van der Waals surface area contributed by atoms with E-state index in [1.165, 1.54) is 7.11 Å². The van der Waals surface area contributed by atoms with Gasteiger partial charge in [-0.25, -0.2) is 9.59 Å². The maximum Gasteiger partial charge on any atom is 0.344 e. The fourth-order valence-corrected chi connectivity index (χ4v) is 0.913. The second-order valence-corrected chi connectivity index (χ2v) is 3.51. The van der Waals surface area contributed by atoms with Gasteiger partial charge in [0.05, 0.1) is 20.1 Å². The van der Waals surface area contributed by atoms with Gasteiger partial charge in [0.15, 0.2) is 6.61 Å². The van der Waals surface area contributed by atoms with Crippen LogP contribution in [0.2, 0.25) is 0 Å². The highest BCUT2D eigenvalue weighted by Crippen LogP contribution is 2.04. The quantitative estimate of drug-likeness (QED) is 0.279. The topological polar surface area (TPSA) is 78.9 Å². The van der Waals surface area contributed by atoms with Gasteiger partial charge in [0, 0.05) is 5.57 Å². The Morgan fingerprint density at radius 3 is 2.33 bits per heavy atom. The van der Waals surface area contributed by atoms with Gasteiger partial charge in [-0.05, 0) is 6.42 Å². The molecule has 0 aromatic heterocycles. The van der Waals surface area contributed by atoms with Crippen LogP contribution in [0.25, 0.3) is 0 Å². The molecule has 18 heavy (non-hydrogen) atoms. The lowest BCUT2D eigenvalue weighted by atomic mass is 10.2. The third kappa shape index (κ3) is 7.43. The van der Waals surface area contributed by atoms with E-state index in [2.05, 4.69) is 16.1 Å². The fourth-order valence-electron chi connectivity index (χ4n) is 0.913. The van der Waals surface area contributed by atoms with Gasteiger partial charge in [-0.1, -0.05) is 19.9 Å². The molecule has 0 bridgehead atoms. The molecule has 0 heterocycles. The number of hydrogen-bond acceptors (Lipinski definition) is 6. The molecule has 0 rings (SSSR count). The van der Waals surface area contributed by atoms with Crippen LogP contribution in [0, 0.1) is 0 Å². The van der Waals surface area contributed by atoms with E-state index in [1.807, 2.05) is 6.92 Å². The summed E-state index contributed by atoms with van der Waals surface area (Å²) in [7, 11) is 1.18. The van der Waals surface area contributed by atoms with Gasteiger partial charge < -0.3 is 14.2 Å². The summed E-state index contributed by atoms with van der Waals surface area (Å²) in [5.41, 5.74) is -0.0552. The Morgan fingerprint density at radius 2 is 1.78 bits per heavy atom. The van der Waals surface area contributed by atoms with Crippen molar-refractivity contribution in [3.05, 3.63) is 12.2 Å². The largest absolute Gasteiger partial charge is 0.466 e. The molecule has 0 aromatic carbocycles. The van der Waals surface area contributed by atoms with E-state index < -0.39 is 24.5 Å². The molecule has 0 fully saturated rings. The molecule has 0 aromatic rings. The first kappa shape index (κ1) is 16.1. The van der Waals surface area contributed by atoms with Gasteiger partial charge in [-0.15, -0.1) is 0 Å². The Labute approximate surface area is 106 Å². The molecule has 0 spiro atoms. The van der Waals surface area contributed by atoms with Crippen molar-refractivity contribution in [3.8, 4) is 0 Å². The predicted molar refractivity (Wildman–Crippen MR) is 62.6 cm³/mol. The lowest BCUT2D eigenvalue weighted by molar-refractivity contribution is -0.155. The molecule has 0 unspecified atom stereocenters. The van der Waals surface area contributed by atoms with Crippen molar-refractivity contribution in [2.45, 2.75) is 26.2 Å². The van der Waals surface area contributed by atoms with Crippen molar-refractivity contribution in [1.82, 2.24) is 0 Å². The molecule has 0 saturated carbocycles. The van der Waals surface area contributed by atoms with Crippen molar-refractivity contribution >= 4 is 17.9 Å². The minimum absolute atomic E-state index is 0.0552. The van der Waals surface area contributed by atoms with Crippen molar-refractivity contribution in [3.63, 3.8) is 0 Å². The van der Waals surface area contributed by atoms with Crippen LogP contribution in [-0.4, -0.2) is 38.2 Å². The van der Waals surface area contributed by atoms with Crippen LogP contribution in [0.4, 0.5) is 0 Å². The maximum atomic E-state index is 11.3. The maximum absolute atomic E-state index is 11.3. The normalized spacial score (nSPS) is 9.44. The minimum Gasteiger partial charge on any atom is -0.466 e. The molecule has 0 radical (unpaired) electrons. The number of rotatable bonds is 8. The zero-order valence-electron chi connectivity index (χ0n) is 10.7. The highest BCUT2D eigenvalue weighted by molar-refractivity contribution is 5.94. The van der Waals surface area contributed by atoms with E-state index in [0.29, 0.717) is 6.61 Å². The molecule has 0 saturated heterocycles. The number of hydrogen-bond donors (Lipinski definition) is 0. The second kappa shape index (κ2) is 9.21. The summed E-state index contributed by atoms with van der Waals surface area (Å²) in [5, 5.41) is 0. The first-order chi connectivity index (χ1) is 8.51. The lowest BCUT2D eigenvalue weighted by Gasteiger charge is -2.06. The van der Waals surface area contributed by atoms with Crippen molar-refractivity contribution in [2.24, 2.45) is 0 Å². The number of esters is 3. The zero-order valence-corrected chi connectivity index (χ0v) is 10.7. The summed E-state index contributed by atoms with van der Waals surface area (Å²) >= 11 is 0. The molecule has 0 atom stereocenters. The van der Waals surface area contributed by atoms with Crippen LogP contribution in [0.15, 0.2) is 12.2 Å². The van der Waals surface area contributed by atoms with E-state index in [-0.39, 0.29) is 12.0 Å². The van der Waals surface area contributed by atoms with Gasteiger partial charge in [0.1, 0.15) is 0 Å². The minimum atomic E-state index is -0.812. The van der Waals surface area contributed by atoms with Crippen LogP contribution in [0.1, 0.15) is 26.2 Å². The Kier molecular flexibility index (Phi) is 8.26. The number of carbonyl (C=O) groups is 3. The Hall–Kier alpha value is -1.85. The first-order valence-electron chi connectivity index (χ1n) is 5.58. The van der Waals surface area contributed by atoms with Crippen LogP contribution in [0.5, 0.6) is 0 Å². The third-order valence-corrected chi connectivity index (χ3v) is 1.96. The number of ether oxygens (including phenoxy) is 3. The molecular weight excluding hydrogens is 240 g/mol. The van der Waals surface area contributed by atoms with E-state index in [4.69, 9.17) is 4.74 Å². The van der Waals surface area contributed by atoms with Crippen molar-refractivity contribution in [1.29, 1.82) is 0 Å². The summed E-state index contributed by atoms with van der Waals surface area (Å²) in [5.74, 6) is -2.03. The average molecular weight is 258 g/mol. The highest BCUT2D eigenvalue weighted by atomic mass is 16.6. The Balaban J connectivity index is 3.89. The summed E-state index contributed by atoms with van der Waals surface area (Å²) in [6, 6.07) is 0. The zero-order chi connectivity index (χ0) is 14.0. The lowest BCUT2D eigenvalue weighted by Crippen LogP contribution is -2.18. The molecule has 0 aliphatic rings. The molecule has 0 N–H and O–H groups in total. The molecule has 6 heteroatoms. The molecule has 0 amide bonds. The van der Waals surface area contributed by atoms with Crippen LogP contribution >= 0.6 is 0 Å². The monoisotopic (exact) mass is 258 g/mol. The summed E-state index contributed by atoms with van der Waals surface area (Å²) in [6.07, 6.45) is 1.43.